The van der Waals surface area contributed by atoms with Gasteiger partial charge in [0.05, 0.1) is 0 Å². The molecule has 3 aromatic carbocycles. The summed E-state index contributed by atoms with van der Waals surface area (Å²) in [7, 11) is 0. The highest BCUT2D eigenvalue weighted by molar-refractivity contribution is 9.10. The van der Waals surface area contributed by atoms with E-state index in [1.165, 1.54) is 0 Å². The average molecular weight is 509 g/mol. The Kier molecular flexibility index (Phi) is 9.07. The molecule has 0 aliphatic carbocycles. The van der Waals surface area contributed by atoms with Gasteiger partial charge in [-0.2, -0.15) is 0 Å². The molecule has 0 aliphatic heterocycles. The van der Waals surface area contributed by atoms with Crippen LogP contribution in [0.25, 0.3) is 0 Å². The molecule has 0 heterocycles. The number of hydrogen-bond acceptors (Lipinski definition) is 3. The highest BCUT2D eigenvalue weighted by Gasteiger charge is 2.30. The second-order valence-corrected chi connectivity index (χ2v) is 8.77. The van der Waals surface area contributed by atoms with Gasteiger partial charge in [-0.3, -0.25) is 9.59 Å². The molecule has 0 aliphatic rings. The first-order valence-electron chi connectivity index (χ1n) is 11.0. The van der Waals surface area contributed by atoms with Gasteiger partial charge in [0, 0.05) is 24.0 Å². The summed E-state index contributed by atoms with van der Waals surface area (Å²) >= 11 is 3.49. The lowest BCUT2D eigenvalue weighted by atomic mass is 10.0. The fourth-order valence-corrected chi connectivity index (χ4v) is 3.99. The summed E-state index contributed by atoms with van der Waals surface area (Å²) < 4.78 is 6.69. The average Bonchev–Trinajstić information content (AvgIpc) is 2.81. The van der Waals surface area contributed by atoms with Crippen LogP contribution in [0.5, 0.6) is 5.75 Å². The summed E-state index contributed by atoms with van der Waals surface area (Å²) in [6, 6.07) is 24.4. The van der Waals surface area contributed by atoms with Crippen LogP contribution >= 0.6 is 15.9 Å². The maximum atomic E-state index is 13.4. The number of benzene rings is 3. The molecule has 0 saturated heterocycles. The highest BCUT2D eigenvalue weighted by atomic mass is 79.9. The standard InChI is InChI=1S/C27H29BrN2O3/c1-3-29-27(32)25(17-21-8-5-4-6-9-21)30(18-22-10-7-11-23(28)16-22)26(31)19-33-24-14-12-20(2)13-15-24/h4-16,25H,3,17-19H2,1-2H3,(H,29,32). The van der Waals surface area contributed by atoms with Crippen LogP contribution in [-0.4, -0.2) is 35.9 Å². The minimum atomic E-state index is -0.666. The minimum Gasteiger partial charge on any atom is -0.484 e. The van der Waals surface area contributed by atoms with Gasteiger partial charge in [0.25, 0.3) is 5.91 Å². The lowest BCUT2D eigenvalue weighted by Crippen LogP contribution is -2.51. The van der Waals surface area contributed by atoms with Crippen molar-refractivity contribution in [3.05, 3.63) is 100 Å². The number of hydrogen-bond donors (Lipinski definition) is 1. The maximum Gasteiger partial charge on any atom is 0.261 e. The van der Waals surface area contributed by atoms with Crippen LogP contribution < -0.4 is 10.1 Å². The Hall–Kier alpha value is -3.12. The zero-order valence-electron chi connectivity index (χ0n) is 19.0. The predicted molar refractivity (Wildman–Crippen MR) is 134 cm³/mol. The Morgan fingerprint density at radius 2 is 1.67 bits per heavy atom. The largest absolute Gasteiger partial charge is 0.484 e. The first-order chi connectivity index (χ1) is 16.0. The number of nitrogens with one attached hydrogen (secondary N) is 1. The van der Waals surface area contributed by atoms with Gasteiger partial charge >= 0.3 is 0 Å². The van der Waals surface area contributed by atoms with Crippen molar-refractivity contribution in [1.82, 2.24) is 10.2 Å². The van der Waals surface area contributed by atoms with Crippen molar-refractivity contribution in [2.24, 2.45) is 0 Å². The fourth-order valence-electron chi connectivity index (χ4n) is 3.54. The highest BCUT2D eigenvalue weighted by Crippen LogP contribution is 2.19. The van der Waals surface area contributed by atoms with E-state index >= 15 is 0 Å². The van der Waals surface area contributed by atoms with Crippen LogP contribution in [0, 0.1) is 6.92 Å². The number of aryl methyl sites for hydroxylation is 1. The zero-order chi connectivity index (χ0) is 23.6. The molecule has 3 aromatic rings. The van der Waals surface area contributed by atoms with Gasteiger partial charge in [-0.05, 0) is 49.2 Å². The van der Waals surface area contributed by atoms with Crippen molar-refractivity contribution < 1.29 is 14.3 Å². The number of rotatable bonds is 10. The van der Waals surface area contributed by atoms with Gasteiger partial charge in [0.1, 0.15) is 11.8 Å². The van der Waals surface area contributed by atoms with Crippen molar-refractivity contribution in [3.63, 3.8) is 0 Å². The van der Waals surface area contributed by atoms with E-state index in [9.17, 15) is 9.59 Å². The molecule has 2 amide bonds. The number of ether oxygens (including phenoxy) is 1. The smallest absolute Gasteiger partial charge is 0.261 e. The lowest BCUT2D eigenvalue weighted by Gasteiger charge is -2.31. The number of carbonyl (C=O) groups excluding carboxylic acids is 2. The third kappa shape index (κ3) is 7.46. The van der Waals surface area contributed by atoms with Gasteiger partial charge in [-0.1, -0.05) is 76.1 Å². The van der Waals surface area contributed by atoms with Crippen molar-refractivity contribution in [1.29, 1.82) is 0 Å². The van der Waals surface area contributed by atoms with Crippen molar-refractivity contribution in [3.8, 4) is 5.75 Å². The molecule has 3 rings (SSSR count). The SMILES string of the molecule is CCNC(=O)C(Cc1ccccc1)N(Cc1cccc(Br)c1)C(=O)COc1ccc(C)cc1. The molecule has 1 atom stereocenters. The maximum absolute atomic E-state index is 13.4. The van der Waals surface area contributed by atoms with Gasteiger partial charge in [0.15, 0.2) is 6.61 Å². The normalized spacial score (nSPS) is 11.5. The topological polar surface area (TPSA) is 58.6 Å². The molecular formula is C27H29BrN2O3. The summed E-state index contributed by atoms with van der Waals surface area (Å²) in [6.45, 7) is 4.50. The Bertz CT molecular complexity index is 1050. The number of nitrogens with zero attached hydrogens (tertiary/aromatic N) is 1. The van der Waals surface area contributed by atoms with Crippen LogP contribution in [0.4, 0.5) is 0 Å². The molecule has 33 heavy (non-hydrogen) atoms. The summed E-state index contributed by atoms with van der Waals surface area (Å²) in [4.78, 5) is 28.1. The van der Waals surface area contributed by atoms with Crippen molar-refractivity contribution in [2.75, 3.05) is 13.2 Å². The van der Waals surface area contributed by atoms with Crippen LogP contribution in [0.1, 0.15) is 23.6 Å². The minimum absolute atomic E-state index is 0.151. The number of halogens is 1. The second kappa shape index (κ2) is 12.2. The monoisotopic (exact) mass is 508 g/mol. The van der Waals surface area contributed by atoms with E-state index in [1.54, 1.807) is 4.90 Å². The number of carbonyl (C=O) groups is 2. The van der Waals surface area contributed by atoms with E-state index < -0.39 is 6.04 Å². The summed E-state index contributed by atoms with van der Waals surface area (Å²) in [6.07, 6.45) is 0.414. The molecule has 1 unspecified atom stereocenters. The molecule has 0 aromatic heterocycles. The Labute approximate surface area is 203 Å². The van der Waals surface area contributed by atoms with E-state index in [0.29, 0.717) is 25.3 Å². The predicted octanol–water partition coefficient (Wildman–Crippen LogP) is 4.91. The molecule has 0 radical (unpaired) electrons. The van der Waals surface area contributed by atoms with Crippen LogP contribution in [-0.2, 0) is 22.6 Å². The van der Waals surface area contributed by atoms with Crippen molar-refractivity contribution >= 4 is 27.7 Å². The summed E-state index contributed by atoms with van der Waals surface area (Å²) in [5, 5.41) is 2.90. The van der Waals surface area contributed by atoms with Crippen molar-refractivity contribution in [2.45, 2.75) is 32.9 Å². The van der Waals surface area contributed by atoms with E-state index in [-0.39, 0.29) is 18.4 Å². The number of likely N-dealkylation sites (N-methyl/N-ethyl adjacent to an activating group) is 1. The van der Waals surface area contributed by atoms with Gasteiger partial charge in [-0.15, -0.1) is 0 Å². The molecular weight excluding hydrogens is 480 g/mol. The fraction of sp³-hybridized carbons (Fsp3) is 0.259. The Morgan fingerprint density at radius 3 is 2.33 bits per heavy atom. The molecule has 6 heteroatoms. The van der Waals surface area contributed by atoms with Crippen LogP contribution in [0.15, 0.2) is 83.3 Å². The Morgan fingerprint density at radius 1 is 0.970 bits per heavy atom. The molecule has 0 saturated carbocycles. The van der Waals surface area contributed by atoms with Crippen LogP contribution in [0.3, 0.4) is 0 Å². The van der Waals surface area contributed by atoms with Crippen LogP contribution in [0.2, 0.25) is 0 Å². The third-order valence-corrected chi connectivity index (χ3v) is 5.74. The molecule has 5 nitrogen and oxygen atoms in total. The molecule has 0 fully saturated rings. The quantitative estimate of drug-likeness (QED) is 0.423. The third-order valence-electron chi connectivity index (χ3n) is 5.25. The summed E-state index contributed by atoms with van der Waals surface area (Å²) in [5.74, 6) is 0.191. The number of amides is 2. The van der Waals surface area contributed by atoms with Gasteiger partial charge < -0.3 is 15.0 Å². The van der Waals surface area contributed by atoms with E-state index in [4.69, 9.17) is 4.74 Å². The van der Waals surface area contributed by atoms with E-state index in [1.807, 2.05) is 92.7 Å². The first kappa shape index (κ1) is 24.5. The summed E-state index contributed by atoms with van der Waals surface area (Å²) in [5.41, 5.74) is 3.03. The lowest BCUT2D eigenvalue weighted by molar-refractivity contribution is -0.142. The first-order valence-corrected chi connectivity index (χ1v) is 11.8. The van der Waals surface area contributed by atoms with Gasteiger partial charge in [0.2, 0.25) is 5.91 Å². The Balaban J connectivity index is 1.88. The van der Waals surface area contributed by atoms with E-state index in [2.05, 4.69) is 21.2 Å². The molecule has 172 valence electrons. The molecule has 1 N–H and O–H groups in total. The van der Waals surface area contributed by atoms with E-state index in [0.717, 1.165) is 21.2 Å². The molecule has 0 bridgehead atoms. The van der Waals surface area contributed by atoms with Gasteiger partial charge in [-0.25, -0.2) is 0 Å². The second-order valence-electron chi connectivity index (χ2n) is 7.85. The molecule has 0 spiro atoms. The zero-order valence-corrected chi connectivity index (χ0v) is 20.5.